The number of halogens is 2. The van der Waals surface area contributed by atoms with Crippen molar-refractivity contribution in [2.45, 2.75) is 114 Å². The smallest absolute Gasteiger partial charge is 0.410 e. The van der Waals surface area contributed by atoms with E-state index in [1.807, 2.05) is 6.08 Å². The third kappa shape index (κ3) is 9.65. The summed E-state index contributed by atoms with van der Waals surface area (Å²) < 4.78 is 67.8. The molecule has 1 aliphatic carbocycles. The Kier molecular flexibility index (Phi) is 11.7. The molecule has 5 amide bonds. The minimum absolute atomic E-state index is 0.0311. The molecule has 5 atom stereocenters. The van der Waals surface area contributed by atoms with Gasteiger partial charge in [-0.1, -0.05) is 49.3 Å². The summed E-state index contributed by atoms with van der Waals surface area (Å²) in [4.78, 5) is 71.3. The van der Waals surface area contributed by atoms with Crippen molar-refractivity contribution >= 4 is 39.9 Å². The Labute approximate surface area is 324 Å². The van der Waals surface area contributed by atoms with Crippen LogP contribution in [0.5, 0.6) is 0 Å². The van der Waals surface area contributed by atoms with Crippen LogP contribution in [-0.4, -0.2) is 84.0 Å². The molecule has 0 bridgehead atoms. The van der Waals surface area contributed by atoms with Crippen LogP contribution in [0.3, 0.4) is 0 Å². The number of allylic oxidation sites excluding steroid dienone is 1. The first-order chi connectivity index (χ1) is 26.4. The van der Waals surface area contributed by atoms with Gasteiger partial charge in [-0.3, -0.25) is 24.0 Å². The van der Waals surface area contributed by atoms with Gasteiger partial charge < -0.3 is 25.0 Å². The molecule has 6 rings (SSSR count). The van der Waals surface area contributed by atoms with Crippen LogP contribution in [0.4, 0.5) is 18.4 Å². The van der Waals surface area contributed by atoms with Crippen LogP contribution in [0.25, 0.3) is 0 Å². The quantitative estimate of drug-likeness (QED) is 0.359. The molecule has 3 N–H and O–H groups in total. The molecule has 302 valence electrons. The highest BCUT2D eigenvalue weighted by Gasteiger charge is 2.61. The number of hydrogen-bond acceptors (Lipinski definition) is 9. The average molecular weight is 800 g/mol. The van der Waals surface area contributed by atoms with Crippen molar-refractivity contribution in [3.05, 3.63) is 82.9 Å². The van der Waals surface area contributed by atoms with Gasteiger partial charge in [-0.2, -0.15) is 0 Å². The second kappa shape index (κ2) is 16.2. The van der Waals surface area contributed by atoms with E-state index in [0.29, 0.717) is 36.8 Å². The predicted molar refractivity (Wildman–Crippen MR) is 198 cm³/mol. The van der Waals surface area contributed by atoms with Crippen molar-refractivity contribution in [1.82, 2.24) is 25.2 Å². The number of fused-ring (bicyclic) bond motifs is 3. The van der Waals surface area contributed by atoms with E-state index in [-0.39, 0.29) is 44.5 Å². The largest absolute Gasteiger partial charge is 0.444 e. The fourth-order valence-corrected chi connectivity index (χ4v) is 8.61. The van der Waals surface area contributed by atoms with Gasteiger partial charge in [0.2, 0.25) is 21.8 Å². The summed E-state index contributed by atoms with van der Waals surface area (Å²) in [5, 5.41) is 5.38. The SMILES string of the molecule is CC(C)(C)OC(=O)N[C@H]1CCCCC/C=C\[C@H]2C[C@@]2(C(=O)NS(=O)(=O)Cc2cccc(F)c2)NC(=O)[C@@H]2C[C@@H](OC(=O)N3Cc4cccc(F)c4C3)CN2C1=O. The van der Waals surface area contributed by atoms with Gasteiger partial charge in [-0.05, 0) is 75.8 Å². The van der Waals surface area contributed by atoms with Gasteiger partial charge in [0, 0.05) is 24.4 Å². The highest BCUT2D eigenvalue weighted by atomic mass is 32.2. The molecule has 56 heavy (non-hydrogen) atoms. The van der Waals surface area contributed by atoms with Crippen molar-refractivity contribution in [1.29, 1.82) is 0 Å². The molecular formula is C39H47F2N5O9S. The Balaban J connectivity index is 1.25. The van der Waals surface area contributed by atoms with Crippen LogP contribution in [-0.2, 0) is 52.7 Å². The molecule has 3 heterocycles. The van der Waals surface area contributed by atoms with Crippen molar-refractivity contribution in [3.63, 3.8) is 0 Å². The highest BCUT2D eigenvalue weighted by molar-refractivity contribution is 7.89. The number of carbonyl (C=O) groups is 5. The second-order valence-corrected chi connectivity index (χ2v) is 17.6. The van der Waals surface area contributed by atoms with E-state index in [1.165, 1.54) is 28.0 Å². The van der Waals surface area contributed by atoms with Crippen molar-refractivity contribution in [2.24, 2.45) is 5.92 Å². The van der Waals surface area contributed by atoms with E-state index in [0.717, 1.165) is 12.1 Å². The van der Waals surface area contributed by atoms with E-state index in [1.54, 1.807) is 39.0 Å². The molecule has 2 aromatic rings. The van der Waals surface area contributed by atoms with Gasteiger partial charge in [-0.25, -0.2) is 26.8 Å². The lowest BCUT2D eigenvalue weighted by atomic mass is 10.0. The van der Waals surface area contributed by atoms with Crippen molar-refractivity contribution in [3.8, 4) is 0 Å². The standard InChI is InChI=1S/C39H47F2N5O9S/c1-38(2,3)55-36(50)42-31-16-8-6-4-5-7-13-26-19-39(26,35(49)44-56(52,53)23-24-11-9-14-27(40)17-24)43-33(47)32-18-28(21-46(32)34(31)48)54-37(51)45-20-25-12-10-15-30(41)29(25)22-45/h7,9-15,17,26,28,31-32H,4-6,8,16,18-23H2,1-3H3,(H,42,50)(H,43,47)(H,44,49)/b13-7-/t26-,28+,31-,32-,39+/m0/s1. The molecule has 0 spiro atoms. The third-order valence-electron chi connectivity index (χ3n) is 10.3. The highest BCUT2D eigenvalue weighted by Crippen LogP contribution is 2.46. The fourth-order valence-electron chi connectivity index (χ4n) is 7.46. The first kappa shape index (κ1) is 40.6. The summed E-state index contributed by atoms with van der Waals surface area (Å²) in [5.74, 6) is -4.81. The van der Waals surface area contributed by atoms with Gasteiger partial charge in [-0.15, -0.1) is 0 Å². The maximum Gasteiger partial charge on any atom is 0.410 e. The number of nitrogens with zero attached hydrogens (tertiary/aromatic N) is 2. The molecule has 17 heteroatoms. The molecule has 0 radical (unpaired) electrons. The molecule has 1 saturated carbocycles. The zero-order valence-electron chi connectivity index (χ0n) is 31.5. The molecule has 0 aromatic heterocycles. The molecule has 2 fully saturated rings. The Morgan fingerprint density at radius 1 is 1.04 bits per heavy atom. The Morgan fingerprint density at radius 3 is 2.54 bits per heavy atom. The van der Waals surface area contributed by atoms with Crippen LogP contribution in [0.15, 0.2) is 54.6 Å². The maximum atomic E-state index is 14.5. The Morgan fingerprint density at radius 2 is 1.80 bits per heavy atom. The zero-order valence-corrected chi connectivity index (χ0v) is 32.3. The van der Waals surface area contributed by atoms with E-state index in [4.69, 9.17) is 9.47 Å². The first-order valence-electron chi connectivity index (χ1n) is 18.7. The normalized spacial score (nSPS) is 26.0. The van der Waals surface area contributed by atoms with Gasteiger partial charge in [0.1, 0.15) is 41.0 Å². The number of sulfonamides is 1. The molecular weight excluding hydrogens is 753 g/mol. The number of nitrogens with one attached hydrogen (secondary N) is 3. The molecule has 1 saturated heterocycles. The van der Waals surface area contributed by atoms with Crippen LogP contribution in [0, 0.1) is 17.6 Å². The topological polar surface area (TPSA) is 181 Å². The fraction of sp³-hybridized carbons (Fsp3) is 0.513. The summed E-state index contributed by atoms with van der Waals surface area (Å²) >= 11 is 0. The van der Waals surface area contributed by atoms with Crippen LogP contribution in [0.1, 0.15) is 82.4 Å². The van der Waals surface area contributed by atoms with Crippen LogP contribution in [0.2, 0.25) is 0 Å². The van der Waals surface area contributed by atoms with Gasteiger partial charge in [0.25, 0.3) is 5.91 Å². The van der Waals surface area contributed by atoms with Gasteiger partial charge in [0.15, 0.2) is 0 Å². The summed E-state index contributed by atoms with van der Waals surface area (Å²) in [6, 6.07) is 7.07. The summed E-state index contributed by atoms with van der Waals surface area (Å²) in [7, 11) is -4.35. The number of alkyl carbamates (subject to hydrolysis) is 1. The minimum Gasteiger partial charge on any atom is -0.444 e. The van der Waals surface area contributed by atoms with E-state index < -0.39 is 92.6 Å². The first-order valence-corrected chi connectivity index (χ1v) is 20.4. The van der Waals surface area contributed by atoms with E-state index in [9.17, 15) is 41.2 Å². The zero-order chi connectivity index (χ0) is 40.4. The summed E-state index contributed by atoms with van der Waals surface area (Å²) in [5.41, 5.74) is -1.47. The molecule has 14 nitrogen and oxygen atoms in total. The second-order valence-electron chi connectivity index (χ2n) is 15.8. The van der Waals surface area contributed by atoms with Gasteiger partial charge in [0.05, 0.1) is 18.8 Å². The molecule has 4 aliphatic rings. The lowest BCUT2D eigenvalue weighted by Crippen LogP contribution is -2.58. The lowest BCUT2D eigenvalue weighted by Gasteiger charge is -2.30. The summed E-state index contributed by atoms with van der Waals surface area (Å²) in [6.45, 7) is 4.85. The Bertz CT molecular complexity index is 2020. The lowest BCUT2D eigenvalue weighted by molar-refractivity contribution is -0.141. The van der Waals surface area contributed by atoms with E-state index >= 15 is 0 Å². The van der Waals surface area contributed by atoms with Crippen molar-refractivity contribution in [2.75, 3.05) is 6.54 Å². The molecule has 3 aliphatic heterocycles. The molecule has 0 unspecified atom stereocenters. The maximum absolute atomic E-state index is 14.5. The number of carbonyl (C=O) groups excluding carboxylic acids is 5. The Hall–Kier alpha value is -5.06. The number of hydrogen-bond donors (Lipinski definition) is 3. The van der Waals surface area contributed by atoms with Crippen LogP contribution < -0.4 is 15.4 Å². The third-order valence-corrected chi connectivity index (χ3v) is 11.5. The van der Waals surface area contributed by atoms with Gasteiger partial charge >= 0.3 is 12.2 Å². The number of ether oxygens (including phenoxy) is 2. The summed E-state index contributed by atoms with van der Waals surface area (Å²) in [6.07, 6.45) is 3.60. The minimum atomic E-state index is -4.35. The predicted octanol–water partition coefficient (Wildman–Crippen LogP) is 4.32. The molecule has 2 aromatic carbocycles. The van der Waals surface area contributed by atoms with Crippen LogP contribution >= 0.6 is 0 Å². The monoisotopic (exact) mass is 799 g/mol. The average Bonchev–Trinajstić information content (AvgIpc) is 3.40. The van der Waals surface area contributed by atoms with E-state index in [2.05, 4.69) is 15.4 Å². The van der Waals surface area contributed by atoms with Crippen molar-refractivity contribution < 1.29 is 50.6 Å². The number of amides is 5. The number of rotatable bonds is 6. The number of benzene rings is 2.